The first-order chi connectivity index (χ1) is 12.8. The lowest BCUT2D eigenvalue weighted by molar-refractivity contribution is -0.239. The maximum atomic E-state index is 12.5. The molecule has 3 rings (SSSR count). The maximum Gasteiger partial charge on any atom is 0.323 e. The lowest BCUT2D eigenvalue weighted by atomic mass is 9.98. The number of hydrogen-bond donors (Lipinski definition) is 0. The van der Waals surface area contributed by atoms with Gasteiger partial charge in [0.05, 0.1) is 0 Å². The fraction of sp³-hybridized carbons (Fsp3) is 0.286. The van der Waals surface area contributed by atoms with Gasteiger partial charge in [-0.25, -0.2) is 0 Å². The van der Waals surface area contributed by atoms with Crippen LogP contribution in [-0.2, 0) is 25.5 Å². The van der Waals surface area contributed by atoms with Gasteiger partial charge < -0.3 is 14.4 Å². The fourth-order valence-corrected chi connectivity index (χ4v) is 2.89. The van der Waals surface area contributed by atoms with Crippen LogP contribution in [0.2, 0.25) is 0 Å². The summed E-state index contributed by atoms with van der Waals surface area (Å²) < 4.78 is 10.3. The highest BCUT2D eigenvalue weighted by atomic mass is 16.7. The van der Waals surface area contributed by atoms with E-state index in [0.717, 1.165) is 5.56 Å². The Balaban J connectivity index is 1.69. The molecule has 6 heteroatoms. The number of carbonyl (C=O) groups is 3. The second kappa shape index (κ2) is 7.23. The second-order valence-electron chi connectivity index (χ2n) is 6.90. The first kappa shape index (κ1) is 18.6. The number of benzene rings is 2. The normalized spacial score (nSPS) is 16.4. The smallest absolute Gasteiger partial charge is 0.323 e. The van der Waals surface area contributed by atoms with Crippen molar-refractivity contribution in [1.29, 1.82) is 0 Å². The zero-order chi connectivity index (χ0) is 19.6. The highest BCUT2D eigenvalue weighted by molar-refractivity contribution is 6.05. The Kier molecular flexibility index (Phi) is 4.99. The SMILES string of the molecule is CN(C(=O)c1ccccc1)c1ccc(CC2C(=O)OC(C)(C)OC2=O)cc1. The van der Waals surface area contributed by atoms with Crippen LogP contribution in [0.4, 0.5) is 5.69 Å². The van der Waals surface area contributed by atoms with Gasteiger partial charge in [-0.2, -0.15) is 0 Å². The molecule has 0 aromatic heterocycles. The van der Waals surface area contributed by atoms with E-state index >= 15 is 0 Å². The lowest BCUT2D eigenvalue weighted by Crippen LogP contribution is -2.46. The number of carbonyl (C=O) groups excluding carboxylic acids is 3. The molecule has 6 nitrogen and oxygen atoms in total. The Labute approximate surface area is 157 Å². The third-order valence-electron chi connectivity index (χ3n) is 4.35. The second-order valence-corrected chi connectivity index (χ2v) is 6.90. The van der Waals surface area contributed by atoms with Crippen LogP contribution >= 0.6 is 0 Å². The summed E-state index contributed by atoms with van der Waals surface area (Å²) in [5.41, 5.74) is 2.08. The van der Waals surface area contributed by atoms with Crippen molar-refractivity contribution in [1.82, 2.24) is 0 Å². The Morgan fingerprint density at radius 1 is 0.963 bits per heavy atom. The summed E-state index contributed by atoms with van der Waals surface area (Å²) in [6, 6.07) is 16.1. The van der Waals surface area contributed by atoms with Gasteiger partial charge in [-0.1, -0.05) is 30.3 Å². The third kappa shape index (κ3) is 4.16. The summed E-state index contributed by atoms with van der Waals surface area (Å²) >= 11 is 0. The molecular weight excluding hydrogens is 346 g/mol. The molecule has 0 spiro atoms. The van der Waals surface area contributed by atoms with E-state index in [1.165, 1.54) is 13.8 Å². The molecule has 0 aliphatic carbocycles. The average Bonchev–Trinajstić information content (AvgIpc) is 2.64. The van der Waals surface area contributed by atoms with E-state index in [9.17, 15) is 14.4 Å². The topological polar surface area (TPSA) is 72.9 Å². The van der Waals surface area contributed by atoms with Gasteiger partial charge in [0, 0.05) is 32.1 Å². The van der Waals surface area contributed by atoms with E-state index < -0.39 is 23.6 Å². The number of cyclic esters (lactones) is 2. The molecule has 2 aromatic rings. The summed E-state index contributed by atoms with van der Waals surface area (Å²) in [6.45, 7) is 3.04. The molecule has 0 atom stereocenters. The van der Waals surface area contributed by atoms with Crippen LogP contribution < -0.4 is 4.90 Å². The Morgan fingerprint density at radius 2 is 1.52 bits per heavy atom. The third-order valence-corrected chi connectivity index (χ3v) is 4.35. The van der Waals surface area contributed by atoms with Gasteiger partial charge in [-0.3, -0.25) is 14.4 Å². The van der Waals surface area contributed by atoms with Crippen LogP contribution in [0.15, 0.2) is 54.6 Å². The van der Waals surface area contributed by atoms with Crippen LogP contribution in [0.5, 0.6) is 0 Å². The van der Waals surface area contributed by atoms with Crippen molar-refractivity contribution >= 4 is 23.5 Å². The number of rotatable bonds is 4. The molecule has 1 amide bonds. The summed E-state index contributed by atoms with van der Waals surface area (Å²) in [5, 5.41) is 0. The van der Waals surface area contributed by atoms with Gasteiger partial charge in [-0.05, 0) is 36.2 Å². The Morgan fingerprint density at radius 3 is 2.07 bits per heavy atom. The number of hydrogen-bond acceptors (Lipinski definition) is 5. The quantitative estimate of drug-likeness (QED) is 0.614. The Bertz CT molecular complexity index is 838. The van der Waals surface area contributed by atoms with Crippen LogP contribution in [0, 0.1) is 5.92 Å². The van der Waals surface area contributed by atoms with Crippen molar-refractivity contribution in [3.63, 3.8) is 0 Å². The summed E-state index contributed by atoms with van der Waals surface area (Å²) in [6.07, 6.45) is 0.185. The number of amides is 1. The van der Waals surface area contributed by atoms with E-state index in [1.54, 1.807) is 48.3 Å². The highest BCUT2D eigenvalue weighted by Gasteiger charge is 2.43. The van der Waals surface area contributed by atoms with Gasteiger partial charge in [0.1, 0.15) is 0 Å². The van der Waals surface area contributed by atoms with E-state index in [0.29, 0.717) is 11.3 Å². The predicted octanol–water partition coefficient (Wildman–Crippen LogP) is 2.96. The molecule has 2 aromatic carbocycles. The van der Waals surface area contributed by atoms with Crippen molar-refractivity contribution in [2.45, 2.75) is 26.1 Å². The number of anilines is 1. The summed E-state index contributed by atoms with van der Waals surface area (Å²) in [4.78, 5) is 38.2. The van der Waals surface area contributed by atoms with E-state index in [2.05, 4.69) is 0 Å². The minimum absolute atomic E-state index is 0.120. The van der Waals surface area contributed by atoms with E-state index in [1.807, 2.05) is 18.2 Å². The van der Waals surface area contributed by atoms with Crippen molar-refractivity contribution in [3.05, 3.63) is 65.7 Å². The fourth-order valence-electron chi connectivity index (χ4n) is 2.89. The van der Waals surface area contributed by atoms with E-state index in [4.69, 9.17) is 9.47 Å². The monoisotopic (exact) mass is 367 g/mol. The zero-order valence-corrected chi connectivity index (χ0v) is 15.5. The maximum absolute atomic E-state index is 12.5. The number of ether oxygens (including phenoxy) is 2. The zero-order valence-electron chi connectivity index (χ0n) is 15.5. The molecule has 0 radical (unpaired) electrons. The molecular formula is C21H21NO5. The van der Waals surface area contributed by atoms with Crippen molar-refractivity contribution < 1.29 is 23.9 Å². The standard InChI is InChI=1S/C21H21NO5/c1-21(2)26-19(24)17(20(25)27-21)13-14-9-11-16(12-10-14)22(3)18(23)15-7-5-4-6-8-15/h4-12,17H,13H2,1-3H3. The Hall–Kier alpha value is -3.15. The summed E-state index contributed by atoms with van der Waals surface area (Å²) in [7, 11) is 1.70. The predicted molar refractivity (Wildman–Crippen MR) is 99.1 cm³/mol. The van der Waals surface area contributed by atoms with Gasteiger partial charge >= 0.3 is 11.9 Å². The molecule has 1 heterocycles. The molecule has 0 saturated carbocycles. The minimum Gasteiger partial charge on any atom is -0.422 e. The van der Waals surface area contributed by atoms with Crippen LogP contribution in [0.25, 0.3) is 0 Å². The molecule has 1 aliphatic rings. The molecule has 0 N–H and O–H groups in total. The first-order valence-corrected chi connectivity index (χ1v) is 8.64. The van der Waals surface area contributed by atoms with Crippen molar-refractivity contribution in [2.75, 3.05) is 11.9 Å². The van der Waals surface area contributed by atoms with Crippen LogP contribution in [0.1, 0.15) is 29.8 Å². The molecule has 140 valence electrons. The largest absolute Gasteiger partial charge is 0.422 e. The van der Waals surface area contributed by atoms with Gasteiger partial charge in [0.15, 0.2) is 5.92 Å². The minimum atomic E-state index is -1.23. The number of nitrogens with zero attached hydrogens (tertiary/aromatic N) is 1. The molecule has 1 fully saturated rings. The van der Waals surface area contributed by atoms with Crippen molar-refractivity contribution in [3.8, 4) is 0 Å². The lowest BCUT2D eigenvalue weighted by Gasteiger charge is -2.32. The van der Waals surface area contributed by atoms with Gasteiger partial charge in [0.2, 0.25) is 0 Å². The van der Waals surface area contributed by atoms with Gasteiger partial charge in [0.25, 0.3) is 11.7 Å². The van der Waals surface area contributed by atoms with E-state index in [-0.39, 0.29) is 12.3 Å². The molecule has 1 saturated heterocycles. The molecule has 0 bridgehead atoms. The van der Waals surface area contributed by atoms with Crippen LogP contribution in [-0.4, -0.2) is 30.7 Å². The molecule has 0 unspecified atom stereocenters. The molecule has 27 heavy (non-hydrogen) atoms. The van der Waals surface area contributed by atoms with Crippen molar-refractivity contribution in [2.24, 2.45) is 5.92 Å². The van der Waals surface area contributed by atoms with Crippen LogP contribution in [0.3, 0.4) is 0 Å². The highest BCUT2D eigenvalue weighted by Crippen LogP contribution is 2.26. The number of esters is 2. The average molecular weight is 367 g/mol. The summed E-state index contributed by atoms with van der Waals surface area (Å²) in [5.74, 6) is -3.50. The van der Waals surface area contributed by atoms with Gasteiger partial charge in [-0.15, -0.1) is 0 Å². The first-order valence-electron chi connectivity index (χ1n) is 8.64. The molecule has 1 aliphatic heterocycles.